The smallest absolute Gasteiger partial charge is 0.410 e. The van der Waals surface area contributed by atoms with Crippen LogP contribution in [0.4, 0.5) is 4.79 Å². The van der Waals surface area contributed by atoms with E-state index in [0.29, 0.717) is 0 Å². The molecule has 0 radical (unpaired) electrons. The summed E-state index contributed by atoms with van der Waals surface area (Å²) in [5, 5.41) is 0. The van der Waals surface area contributed by atoms with Crippen LogP contribution in [-0.2, 0) is 4.74 Å². The highest BCUT2D eigenvalue weighted by atomic mass is 16.6. The van der Waals surface area contributed by atoms with Crippen LogP contribution >= 0.6 is 0 Å². The summed E-state index contributed by atoms with van der Waals surface area (Å²) in [4.78, 5) is 19.1. The van der Waals surface area contributed by atoms with Gasteiger partial charge in [0.25, 0.3) is 0 Å². The van der Waals surface area contributed by atoms with E-state index in [1.165, 1.54) is 32.5 Å². The standard InChI is InChI=1S/C17H33N3O2/c1-14-12-19(13-15-6-8-18(5)9-7-15)10-11-20(14)16(21)22-17(2,3)4/h14-15H,6-13H2,1-5H3/t14-/m0/s1. The van der Waals surface area contributed by atoms with Crippen LogP contribution in [0.2, 0.25) is 0 Å². The molecule has 128 valence electrons. The minimum atomic E-state index is -0.415. The Bertz CT molecular complexity index is 373. The predicted octanol–water partition coefficient (Wildman–Crippen LogP) is 2.27. The molecule has 2 fully saturated rings. The Hall–Kier alpha value is -0.810. The van der Waals surface area contributed by atoms with Gasteiger partial charge in [0.2, 0.25) is 0 Å². The van der Waals surface area contributed by atoms with Gasteiger partial charge in [0, 0.05) is 32.2 Å². The summed E-state index contributed by atoms with van der Waals surface area (Å²) in [5.74, 6) is 0.816. The number of carbonyl (C=O) groups is 1. The van der Waals surface area contributed by atoms with Crippen LogP contribution in [0.25, 0.3) is 0 Å². The second kappa shape index (κ2) is 7.18. The number of carbonyl (C=O) groups excluding carboxylic acids is 1. The number of amides is 1. The van der Waals surface area contributed by atoms with E-state index in [2.05, 4.69) is 23.8 Å². The van der Waals surface area contributed by atoms with E-state index in [0.717, 1.165) is 25.6 Å². The summed E-state index contributed by atoms with van der Waals surface area (Å²) in [6.45, 7) is 14.2. The fourth-order valence-electron chi connectivity index (χ4n) is 3.40. The topological polar surface area (TPSA) is 36.0 Å². The third-order valence-electron chi connectivity index (χ3n) is 4.69. The van der Waals surface area contributed by atoms with Gasteiger partial charge in [0.1, 0.15) is 5.60 Å². The van der Waals surface area contributed by atoms with Gasteiger partial charge < -0.3 is 14.5 Å². The van der Waals surface area contributed by atoms with Gasteiger partial charge in [-0.1, -0.05) is 0 Å². The summed E-state index contributed by atoms with van der Waals surface area (Å²) in [5.41, 5.74) is -0.415. The Balaban J connectivity index is 1.78. The zero-order chi connectivity index (χ0) is 16.3. The van der Waals surface area contributed by atoms with Gasteiger partial charge in [-0.15, -0.1) is 0 Å². The van der Waals surface area contributed by atoms with E-state index >= 15 is 0 Å². The Morgan fingerprint density at radius 3 is 2.32 bits per heavy atom. The highest BCUT2D eigenvalue weighted by molar-refractivity contribution is 5.68. The van der Waals surface area contributed by atoms with Crippen molar-refractivity contribution in [1.82, 2.24) is 14.7 Å². The van der Waals surface area contributed by atoms with Gasteiger partial charge >= 0.3 is 6.09 Å². The van der Waals surface area contributed by atoms with E-state index in [1.807, 2.05) is 25.7 Å². The summed E-state index contributed by atoms with van der Waals surface area (Å²) in [6.07, 6.45) is 2.44. The number of piperidine rings is 1. The lowest BCUT2D eigenvalue weighted by atomic mass is 9.96. The molecule has 2 saturated heterocycles. The predicted molar refractivity (Wildman–Crippen MR) is 89.1 cm³/mol. The van der Waals surface area contributed by atoms with Crippen LogP contribution in [0.5, 0.6) is 0 Å². The van der Waals surface area contributed by atoms with Crippen molar-refractivity contribution in [3.8, 4) is 0 Å². The molecule has 0 aromatic heterocycles. The van der Waals surface area contributed by atoms with E-state index in [-0.39, 0.29) is 12.1 Å². The monoisotopic (exact) mass is 311 g/mol. The molecule has 0 unspecified atom stereocenters. The first kappa shape index (κ1) is 17.5. The lowest BCUT2D eigenvalue weighted by Crippen LogP contribution is -2.55. The number of hydrogen-bond donors (Lipinski definition) is 0. The number of ether oxygens (including phenoxy) is 1. The average Bonchev–Trinajstić information content (AvgIpc) is 2.39. The molecule has 2 aliphatic heterocycles. The van der Waals surface area contributed by atoms with Gasteiger partial charge in [-0.2, -0.15) is 0 Å². The molecular formula is C17H33N3O2. The van der Waals surface area contributed by atoms with Crippen LogP contribution < -0.4 is 0 Å². The number of nitrogens with zero attached hydrogens (tertiary/aromatic N) is 3. The molecule has 0 aliphatic carbocycles. The van der Waals surface area contributed by atoms with E-state index < -0.39 is 5.60 Å². The zero-order valence-corrected chi connectivity index (χ0v) is 15.0. The first-order valence-electron chi connectivity index (χ1n) is 8.65. The van der Waals surface area contributed by atoms with Crippen molar-refractivity contribution in [3.63, 3.8) is 0 Å². The highest BCUT2D eigenvalue weighted by Gasteiger charge is 2.31. The SMILES string of the molecule is C[C@H]1CN(CC2CCN(C)CC2)CCN1C(=O)OC(C)(C)C. The third-order valence-corrected chi connectivity index (χ3v) is 4.69. The maximum absolute atomic E-state index is 12.2. The van der Waals surface area contributed by atoms with Crippen molar-refractivity contribution in [2.45, 2.75) is 52.2 Å². The Kier molecular flexibility index (Phi) is 5.72. The lowest BCUT2D eigenvalue weighted by Gasteiger charge is -2.42. The molecule has 2 rings (SSSR count). The minimum Gasteiger partial charge on any atom is -0.444 e. The largest absolute Gasteiger partial charge is 0.444 e. The molecule has 1 amide bonds. The van der Waals surface area contributed by atoms with Crippen molar-refractivity contribution in [3.05, 3.63) is 0 Å². The third kappa shape index (κ3) is 5.13. The molecular weight excluding hydrogens is 278 g/mol. The van der Waals surface area contributed by atoms with Gasteiger partial charge in [-0.3, -0.25) is 4.90 Å². The van der Waals surface area contributed by atoms with Crippen molar-refractivity contribution < 1.29 is 9.53 Å². The van der Waals surface area contributed by atoms with E-state index in [4.69, 9.17) is 4.74 Å². The quantitative estimate of drug-likeness (QED) is 0.784. The van der Waals surface area contributed by atoms with Crippen molar-refractivity contribution in [1.29, 1.82) is 0 Å². The number of hydrogen-bond acceptors (Lipinski definition) is 4. The van der Waals surface area contributed by atoms with Gasteiger partial charge in [0.15, 0.2) is 0 Å². The number of rotatable bonds is 2. The maximum Gasteiger partial charge on any atom is 0.410 e. The van der Waals surface area contributed by atoms with Crippen LogP contribution in [0, 0.1) is 5.92 Å². The van der Waals surface area contributed by atoms with Crippen LogP contribution in [0.15, 0.2) is 0 Å². The molecule has 0 aromatic rings. The van der Waals surface area contributed by atoms with E-state index in [1.54, 1.807) is 0 Å². The molecule has 0 spiro atoms. The van der Waals surface area contributed by atoms with Crippen molar-refractivity contribution >= 4 is 6.09 Å². The summed E-state index contributed by atoms with van der Waals surface area (Å²) in [7, 11) is 2.21. The maximum atomic E-state index is 12.2. The molecule has 0 N–H and O–H groups in total. The first-order valence-corrected chi connectivity index (χ1v) is 8.65. The van der Waals surface area contributed by atoms with Gasteiger partial charge in [-0.05, 0) is 66.6 Å². The summed E-state index contributed by atoms with van der Waals surface area (Å²) in [6, 6.07) is 0.231. The summed E-state index contributed by atoms with van der Waals surface area (Å²) >= 11 is 0. The first-order chi connectivity index (χ1) is 10.2. The molecule has 1 atom stereocenters. The van der Waals surface area contributed by atoms with Crippen LogP contribution in [0.1, 0.15) is 40.5 Å². The Morgan fingerprint density at radius 1 is 1.14 bits per heavy atom. The fourth-order valence-corrected chi connectivity index (χ4v) is 3.40. The molecule has 0 bridgehead atoms. The molecule has 5 nitrogen and oxygen atoms in total. The van der Waals surface area contributed by atoms with Crippen LogP contribution in [-0.4, -0.2) is 78.8 Å². The minimum absolute atomic E-state index is 0.168. The molecule has 0 saturated carbocycles. The fraction of sp³-hybridized carbons (Fsp3) is 0.941. The number of piperazine rings is 1. The lowest BCUT2D eigenvalue weighted by molar-refractivity contribution is -0.00133. The van der Waals surface area contributed by atoms with Crippen LogP contribution in [0.3, 0.4) is 0 Å². The molecule has 22 heavy (non-hydrogen) atoms. The second-order valence-electron chi connectivity index (χ2n) is 8.03. The summed E-state index contributed by atoms with van der Waals surface area (Å²) < 4.78 is 5.51. The second-order valence-corrected chi connectivity index (χ2v) is 8.03. The molecule has 2 heterocycles. The van der Waals surface area contributed by atoms with Gasteiger partial charge in [0.05, 0.1) is 0 Å². The zero-order valence-electron chi connectivity index (χ0n) is 15.0. The van der Waals surface area contributed by atoms with Crippen molar-refractivity contribution in [2.75, 3.05) is 46.3 Å². The molecule has 0 aromatic carbocycles. The van der Waals surface area contributed by atoms with Gasteiger partial charge in [-0.25, -0.2) is 4.79 Å². The van der Waals surface area contributed by atoms with E-state index in [9.17, 15) is 4.79 Å². The normalized spacial score (nSPS) is 26.2. The molecule has 2 aliphatic rings. The average molecular weight is 311 g/mol. The Morgan fingerprint density at radius 2 is 1.77 bits per heavy atom. The molecule has 5 heteroatoms. The van der Waals surface area contributed by atoms with Crippen molar-refractivity contribution in [2.24, 2.45) is 5.92 Å². The Labute approximate surface area is 135 Å². The number of likely N-dealkylation sites (tertiary alicyclic amines) is 1. The highest BCUT2D eigenvalue weighted by Crippen LogP contribution is 2.20.